The summed E-state index contributed by atoms with van der Waals surface area (Å²) in [4.78, 5) is 39.4. The molecule has 4 aromatic carbocycles. The van der Waals surface area contributed by atoms with E-state index in [4.69, 9.17) is 34.8 Å². The van der Waals surface area contributed by atoms with E-state index in [0.29, 0.717) is 37.4 Å². The van der Waals surface area contributed by atoms with Gasteiger partial charge in [0.15, 0.2) is 5.78 Å². The molecule has 39 heavy (non-hydrogen) atoms. The number of ketones is 1. The number of anilines is 1. The quantitative estimate of drug-likeness (QED) is 0.117. The Bertz CT molecular complexity index is 1500. The van der Waals surface area contributed by atoms with Crippen LogP contribution < -0.4 is 10.6 Å². The van der Waals surface area contributed by atoms with Crippen LogP contribution in [0.15, 0.2) is 108 Å². The molecule has 0 aromatic heterocycles. The van der Waals surface area contributed by atoms with Crippen molar-refractivity contribution in [2.45, 2.75) is 4.90 Å². The highest BCUT2D eigenvalue weighted by Gasteiger charge is 2.17. The van der Waals surface area contributed by atoms with Gasteiger partial charge < -0.3 is 10.6 Å². The summed E-state index contributed by atoms with van der Waals surface area (Å²) < 4.78 is 0. The van der Waals surface area contributed by atoms with E-state index in [9.17, 15) is 14.4 Å². The highest BCUT2D eigenvalue weighted by atomic mass is 35.5. The molecule has 0 saturated carbocycles. The first kappa shape index (κ1) is 28.5. The number of hydrogen-bond acceptors (Lipinski definition) is 4. The number of carbonyl (C=O) groups excluding carboxylic acids is 3. The predicted octanol–water partition coefficient (Wildman–Crippen LogP) is 8.03. The summed E-state index contributed by atoms with van der Waals surface area (Å²) >= 11 is 19.9. The topological polar surface area (TPSA) is 75.3 Å². The second-order valence-electron chi connectivity index (χ2n) is 8.21. The smallest absolute Gasteiger partial charge is 0.272 e. The molecule has 0 aliphatic carbocycles. The lowest BCUT2D eigenvalue weighted by Gasteiger charge is -2.13. The van der Waals surface area contributed by atoms with Crippen LogP contribution in [0.4, 0.5) is 5.69 Å². The molecule has 0 heterocycles. The second-order valence-corrected chi connectivity index (χ2v) is 10.5. The Labute approximate surface area is 245 Å². The van der Waals surface area contributed by atoms with E-state index in [2.05, 4.69) is 10.6 Å². The van der Waals surface area contributed by atoms with Gasteiger partial charge in [-0.15, -0.1) is 11.8 Å². The lowest BCUT2D eigenvalue weighted by atomic mass is 10.1. The van der Waals surface area contributed by atoms with Gasteiger partial charge in [-0.2, -0.15) is 0 Å². The molecule has 0 spiro atoms. The van der Waals surface area contributed by atoms with E-state index in [1.54, 1.807) is 97.1 Å². The average molecular weight is 596 g/mol. The maximum atomic E-state index is 13.2. The van der Waals surface area contributed by atoms with Crippen LogP contribution in [0.3, 0.4) is 0 Å². The van der Waals surface area contributed by atoms with Crippen LogP contribution in [0.2, 0.25) is 15.1 Å². The monoisotopic (exact) mass is 594 g/mol. The Balaban J connectivity index is 1.47. The molecule has 5 nitrogen and oxygen atoms in total. The Hall–Kier alpha value is -3.55. The van der Waals surface area contributed by atoms with Crippen molar-refractivity contribution in [2.75, 3.05) is 11.1 Å². The number of halogens is 3. The lowest BCUT2D eigenvalue weighted by molar-refractivity contribution is -0.113. The molecule has 196 valence electrons. The third-order valence-corrected chi connectivity index (χ3v) is 7.39. The van der Waals surface area contributed by atoms with Gasteiger partial charge in [0.1, 0.15) is 5.70 Å². The molecule has 0 aliphatic rings. The van der Waals surface area contributed by atoms with Gasteiger partial charge in [-0.1, -0.05) is 59.1 Å². The van der Waals surface area contributed by atoms with Crippen molar-refractivity contribution >= 4 is 75.9 Å². The van der Waals surface area contributed by atoms with Gasteiger partial charge in [-0.25, -0.2) is 0 Å². The summed E-state index contributed by atoms with van der Waals surface area (Å²) in [7, 11) is 0. The Morgan fingerprint density at radius 2 is 1.36 bits per heavy atom. The zero-order valence-corrected chi connectivity index (χ0v) is 23.4. The minimum Gasteiger partial charge on any atom is -0.321 e. The first-order chi connectivity index (χ1) is 18.8. The first-order valence-corrected chi connectivity index (χ1v) is 13.8. The summed E-state index contributed by atoms with van der Waals surface area (Å²) in [5.74, 6) is -0.785. The van der Waals surface area contributed by atoms with Crippen molar-refractivity contribution < 1.29 is 14.4 Å². The van der Waals surface area contributed by atoms with Crippen LogP contribution in [0.1, 0.15) is 26.3 Å². The van der Waals surface area contributed by atoms with Crippen molar-refractivity contribution in [3.8, 4) is 0 Å². The third-order valence-electron chi connectivity index (χ3n) is 5.47. The molecule has 0 aliphatic heterocycles. The highest BCUT2D eigenvalue weighted by molar-refractivity contribution is 8.00. The number of Topliss-reactive ketones (excluding diaryl/α,β-unsaturated/α-hetero) is 1. The standard InChI is InChI=1S/C30H21Cl3N2O3S/c31-21-11-9-19(10-12-21)28(36)18-39-23-15-13-22(14-16-23)34-30(38)27(17-24-25(32)7-4-8-26(24)33)35-29(37)20-5-2-1-3-6-20/h1-17H,18H2,(H,34,38)(H,35,37)/b27-17-. The van der Waals surface area contributed by atoms with E-state index >= 15 is 0 Å². The van der Waals surface area contributed by atoms with E-state index in [1.807, 2.05) is 0 Å². The fourth-order valence-electron chi connectivity index (χ4n) is 3.44. The molecule has 0 radical (unpaired) electrons. The van der Waals surface area contributed by atoms with Crippen molar-refractivity contribution in [1.29, 1.82) is 0 Å². The zero-order valence-electron chi connectivity index (χ0n) is 20.3. The summed E-state index contributed by atoms with van der Waals surface area (Å²) in [5.41, 5.74) is 1.84. The normalized spacial score (nSPS) is 11.1. The zero-order chi connectivity index (χ0) is 27.8. The van der Waals surface area contributed by atoms with Gasteiger partial charge in [0.05, 0.1) is 5.75 Å². The first-order valence-electron chi connectivity index (χ1n) is 11.7. The van der Waals surface area contributed by atoms with Crippen molar-refractivity contribution in [1.82, 2.24) is 5.32 Å². The molecule has 2 N–H and O–H groups in total. The Morgan fingerprint density at radius 1 is 0.718 bits per heavy atom. The predicted molar refractivity (Wildman–Crippen MR) is 160 cm³/mol. The van der Waals surface area contributed by atoms with Crippen LogP contribution in [0, 0.1) is 0 Å². The fraction of sp³-hybridized carbons (Fsp3) is 0.0333. The summed E-state index contributed by atoms with van der Waals surface area (Å²) in [6, 6.07) is 27.3. The molecule has 2 amide bonds. The maximum absolute atomic E-state index is 13.2. The minimum atomic E-state index is -0.561. The van der Waals surface area contributed by atoms with Crippen LogP contribution in [0.5, 0.6) is 0 Å². The molecule has 4 aromatic rings. The summed E-state index contributed by atoms with van der Waals surface area (Å²) in [6.45, 7) is 0. The average Bonchev–Trinajstić information content (AvgIpc) is 2.94. The fourth-order valence-corrected chi connectivity index (χ4v) is 4.86. The number of amides is 2. The van der Waals surface area contributed by atoms with E-state index in [0.717, 1.165) is 4.90 Å². The highest BCUT2D eigenvalue weighted by Crippen LogP contribution is 2.27. The second kappa shape index (κ2) is 13.5. The number of rotatable bonds is 9. The molecule has 0 atom stereocenters. The Kier molecular flexibility index (Phi) is 9.85. The molecule has 4 rings (SSSR count). The largest absolute Gasteiger partial charge is 0.321 e. The number of nitrogens with one attached hydrogen (secondary N) is 2. The number of carbonyl (C=O) groups is 3. The molecular formula is C30H21Cl3N2O3S. The van der Waals surface area contributed by atoms with Gasteiger partial charge in [0.25, 0.3) is 11.8 Å². The van der Waals surface area contributed by atoms with E-state index < -0.39 is 11.8 Å². The third kappa shape index (κ3) is 7.97. The Morgan fingerprint density at radius 3 is 2.00 bits per heavy atom. The molecule has 0 bridgehead atoms. The van der Waals surface area contributed by atoms with Crippen molar-refractivity contribution in [2.24, 2.45) is 0 Å². The summed E-state index contributed by atoms with van der Waals surface area (Å²) in [5, 5.41) is 6.68. The number of thioether (sulfide) groups is 1. The van der Waals surface area contributed by atoms with Crippen molar-refractivity contribution in [3.05, 3.63) is 135 Å². The number of hydrogen-bond donors (Lipinski definition) is 2. The van der Waals surface area contributed by atoms with E-state index in [-0.39, 0.29) is 17.2 Å². The van der Waals surface area contributed by atoms with Crippen molar-refractivity contribution in [3.63, 3.8) is 0 Å². The molecule has 0 saturated heterocycles. The van der Waals surface area contributed by atoms with Crippen LogP contribution in [-0.2, 0) is 4.79 Å². The van der Waals surface area contributed by atoms with Gasteiger partial charge >= 0.3 is 0 Å². The van der Waals surface area contributed by atoms with Gasteiger partial charge in [0.2, 0.25) is 0 Å². The maximum Gasteiger partial charge on any atom is 0.272 e. The van der Waals surface area contributed by atoms with Gasteiger partial charge in [-0.3, -0.25) is 14.4 Å². The SMILES string of the molecule is O=C(Nc1ccc(SCC(=O)c2ccc(Cl)cc2)cc1)/C(=C/c1c(Cl)cccc1Cl)NC(=O)c1ccccc1. The van der Waals surface area contributed by atoms with Crippen LogP contribution >= 0.6 is 46.6 Å². The molecule has 0 fully saturated rings. The van der Waals surface area contributed by atoms with Crippen LogP contribution in [0.25, 0.3) is 6.08 Å². The van der Waals surface area contributed by atoms with E-state index in [1.165, 1.54) is 17.8 Å². The lowest BCUT2D eigenvalue weighted by Crippen LogP contribution is -2.30. The molecule has 9 heteroatoms. The number of benzene rings is 4. The van der Waals surface area contributed by atoms with Gasteiger partial charge in [0, 0.05) is 42.3 Å². The summed E-state index contributed by atoms with van der Waals surface area (Å²) in [6.07, 6.45) is 1.44. The van der Waals surface area contributed by atoms with Crippen LogP contribution in [-0.4, -0.2) is 23.4 Å². The minimum absolute atomic E-state index is 0.0174. The molecular weight excluding hydrogens is 575 g/mol. The van der Waals surface area contributed by atoms with Gasteiger partial charge in [-0.05, 0) is 78.9 Å². The molecule has 0 unspecified atom stereocenters.